The predicted molar refractivity (Wildman–Crippen MR) is 129 cm³/mol. The number of alkyl halides is 3. The number of methoxy groups -OCH3 is 2. The molecule has 1 aliphatic rings. The Balaban J connectivity index is 1.89. The number of hydrogen-bond acceptors (Lipinski definition) is 4. The minimum atomic E-state index is -4.29. The van der Waals surface area contributed by atoms with Gasteiger partial charge in [-0.2, -0.15) is 13.2 Å². The quantitative estimate of drug-likeness (QED) is 0.443. The summed E-state index contributed by atoms with van der Waals surface area (Å²) in [6, 6.07) is 14.1. The second kappa shape index (κ2) is 11.9. The molecule has 2 aromatic carbocycles. The number of carbonyl (C=O) groups is 1. The highest BCUT2D eigenvalue weighted by Gasteiger charge is 2.33. The Kier molecular flexibility index (Phi) is 8.98. The van der Waals surface area contributed by atoms with Gasteiger partial charge in [-0.1, -0.05) is 54.1 Å². The lowest BCUT2D eigenvalue weighted by atomic mass is 9.91. The van der Waals surface area contributed by atoms with E-state index in [-0.39, 0.29) is 18.4 Å². The zero-order valence-corrected chi connectivity index (χ0v) is 20.1. The van der Waals surface area contributed by atoms with E-state index < -0.39 is 17.8 Å². The first kappa shape index (κ1) is 26.3. The van der Waals surface area contributed by atoms with E-state index in [0.717, 1.165) is 16.7 Å². The number of benzene rings is 2. The van der Waals surface area contributed by atoms with Crippen molar-refractivity contribution >= 4 is 5.91 Å². The molecule has 0 bridgehead atoms. The van der Waals surface area contributed by atoms with Crippen molar-refractivity contribution in [1.29, 1.82) is 0 Å². The summed E-state index contributed by atoms with van der Waals surface area (Å²) in [6.45, 7) is 0. The normalized spacial score (nSPS) is 15.5. The lowest BCUT2D eigenvalue weighted by Gasteiger charge is -2.27. The van der Waals surface area contributed by atoms with Crippen molar-refractivity contribution in [2.24, 2.45) is 0 Å². The largest absolute Gasteiger partial charge is 0.493 e. The standard InChI is InChI=1S/C27H31F3N2O3/c1-31-26(33)25(19-7-5-4-6-8-19)32-22(20-12-16-23(34-2)24(17-20)35-3)15-11-18-9-13-21(14-10-18)27(28,29)30/h4-9,12-13,16-17,22,25,32H,10-11,14-15H2,1-3H3,(H,31,33)/t22?,25-/m0/s1. The molecule has 0 spiro atoms. The number of halogens is 3. The van der Waals surface area contributed by atoms with Gasteiger partial charge in [0.2, 0.25) is 5.91 Å². The molecule has 2 aromatic rings. The van der Waals surface area contributed by atoms with Crippen molar-refractivity contribution in [2.45, 2.75) is 43.9 Å². The summed E-state index contributed by atoms with van der Waals surface area (Å²) in [6.07, 6.45) is -0.0292. The SMILES string of the molecule is CNC(=O)[C@@H](NC(CCC1=CC=C(C(F)(F)F)CC1)c1ccc(OC)c(OC)c1)c1ccccc1. The van der Waals surface area contributed by atoms with Crippen molar-refractivity contribution in [3.8, 4) is 11.5 Å². The molecule has 1 aliphatic carbocycles. The number of allylic oxidation sites excluding steroid dienone is 4. The van der Waals surface area contributed by atoms with E-state index in [1.807, 2.05) is 42.5 Å². The Labute approximate surface area is 204 Å². The monoisotopic (exact) mass is 488 g/mol. The molecule has 2 atom stereocenters. The number of rotatable bonds is 10. The number of amides is 1. The molecule has 5 nitrogen and oxygen atoms in total. The van der Waals surface area contributed by atoms with Crippen LogP contribution in [-0.2, 0) is 4.79 Å². The Bertz CT molecular complexity index is 1070. The maximum Gasteiger partial charge on any atom is 0.412 e. The smallest absolute Gasteiger partial charge is 0.412 e. The van der Waals surface area contributed by atoms with E-state index in [1.54, 1.807) is 33.4 Å². The van der Waals surface area contributed by atoms with Gasteiger partial charge in [0, 0.05) is 18.7 Å². The number of likely N-dealkylation sites (N-methyl/N-ethyl adjacent to an activating group) is 1. The third kappa shape index (κ3) is 6.88. The van der Waals surface area contributed by atoms with Gasteiger partial charge in [0.1, 0.15) is 6.04 Å². The zero-order chi connectivity index (χ0) is 25.4. The van der Waals surface area contributed by atoms with Crippen molar-refractivity contribution in [3.05, 3.63) is 83.0 Å². The minimum Gasteiger partial charge on any atom is -0.493 e. The van der Waals surface area contributed by atoms with Gasteiger partial charge < -0.3 is 14.8 Å². The summed E-state index contributed by atoms with van der Waals surface area (Å²) in [7, 11) is 4.70. The van der Waals surface area contributed by atoms with Crippen molar-refractivity contribution in [3.63, 3.8) is 0 Å². The molecule has 0 saturated heterocycles. The third-order valence-corrected chi connectivity index (χ3v) is 6.17. The third-order valence-electron chi connectivity index (χ3n) is 6.17. The van der Waals surface area contributed by atoms with Gasteiger partial charge >= 0.3 is 6.18 Å². The van der Waals surface area contributed by atoms with Gasteiger partial charge in [-0.15, -0.1) is 0 Å². The Morgan fingerprint density at radius 2 is 1.69 bits per heavy atom. The van der Waals surface area contributed by atoms with E-state index in [2.05, 4.69) is 10.6 Å². The lowest BCUT2D eigenvalue weighted by Crippen LogP contribution is -2.38. The fraction of sp³-hybridized carbons (Fsp3) is 0.370. The maximum absolute atomic E-state index is 13.0. The first-order valence-corrected chi connectivity index (χ1v) is 11.5. The molecular formula is C27H31F3N2O3. The van der Waals surface area contributed by atoms with Gasteiger partial charge in [-0.25, -0.2) is 0 Å². The highest BCUT2D eigenvalue weighted by atomic mass is 19.4. The van der Waals surface area contributed by atoms with E-state index in [1.165, 1.54) is 6.08 Å². The number of carbonyl (C=O) groups excluding carboxylic acids is 1. The van der Waals surface area contributed by atoms with Crippen LogP contribution in [0, 0.1) is 0 Å². The predicted octanol–water partition coefficient (Wildman–Crippen LogP) is 5.81. The van der Waals surface area contributed by atoms with E-state index in [4.69, 9.17) is 9.47 Å². The highest BCUT2D eigenvalue weighted by molar-refractivity contribution is 5.83. The first-order chi connectivity index (χ1) is 16.8. The minimum absolute atomic E-state index is 0.0192. The molecule has 1 amide bonds. The van der Waals surface area contributed by atoms with Crippen molar-refractivity contribution in [2.75, 3.05) is 21.3 Å². The second-order valence-corrected chi connectivity index (χ2v) is 8.34. The van der Waals surface area contributed by atoms with E-state index in [9.17, 15) is 18.0 Å². The molecule has 0 aromatic heterocycles. The highest BCUT2D eigenvalue weighted by Crippen LogP contribution is 2.36. The van der Waals surface area contributed by atoms with Crippen molar-refractivity contribution in [1.82, 2.24) is 10.6 Å². The Hall–Kier alpha value is -3.26. The van der Waals surface area contributed by atoms with Gasteiger partial charge in [-0.3, -0.25) is 10.1 Å². The van der Waals surface area contributed by atoms with Crippen LogP contribution in [0.2, 0.25) is 0 Å². The number of ether oxygens (including phenoxy) is 2. The van der Waals surface area contributed by atoms with Gasteiger partial charge in [-0.05, 0) is 48.9 Å². The first-order valence-electron chi connectivity index (χ1n) is 11.5. The van der Waals surface area contributed by atoms with Crippen LogP contribution >= 0.6 is 0 Å². The molecule has 0 heterocycles. The molecule has 0 radical (unpaired) electrons. The molecule has 3 rings (SSSR count). The Morgan fingerprint density at radius 3 is 2.26 bits per heavy atom. The van der Waals surface area contributed by atoms with Gasteiger partial charge in [0.25, 0.3) is 0 Å². The molecule has 35 heavy (non-hydrogen) atoms. The average molecular weight is 489 g/mol. The van der Waals surface area contributed by atoms with Crippen LogP contribution in [-0.4, -0.2) is 33.4 Å². The van der Waals surface area contributed by atoms with Crippen LogP contribution in [0.4, 0.5) is 13.2 Å². The molecule has 188 valence electrons. The van der Waals surface area contributed by atoms with Crippen LogP contribution in [0.5, 0.6) is 11.5 Å². The van der Waals surface area contributed by atoms with E-state index >= 15 is 0 Å². The topological polar surface area (TPSA) is 59.6 Å². The summed E-state index contributed by atoms with van der Waals surface area (Å²) in [5.74, 6) is 0.958. The average Bonchev–Trinajstić information content (AvgIpc) is 2.88. The molecule has 8 heteroatoms. The molecule has 1 unspecified atom stereocenters. The Morgan fingerprint density at radius 1 is 0.971 bits per heavy atom. The van der Waals surface area contributed by atoms with Crippen molar-refractivity contribution < 1.29 is 27.4 Å². The number of nitrogens with one attached hydrogen (secondary N) is 2. The van der Waals surface area contributed by atoms with Gasteiger partial charge in [0.15, 0.2) is 11.5 Å². The summed E-state index contributed by atoms with van der Waals surface area (Å²) >= 11 is 0. The lowest BCUT2D eigenvalue weighted by molar-refractivity contribution is -0.123. The number of hydrogen-bond donors (Lipinski definition) is 2. The fourth-order valence-corrected chi connectivity index (χ4v) is 4.18. The second-order valence-electron chi connectivity index (χ2n) is 8.34. The van der Waals surface area contributed by atoms with Crippen LogP contribution in [0.25, 0.3) is 0 Å². The van der Waals surface area contributed by atoms with Crippen LogP contribution in [0.15, 0.2) is 71.8 Å². The molecular weight excluding hydrogens is 457 g/mol. The van der Waals surface area contributed by atoms with Gasteiger partial charge in [0.05, 0.1) is 14.2 Å². The maximum atomic E-state index is 13.0. The van der Waals surface area contributed by atoms with E-state index in [0.29, 0.717) is 30.8 Å². The molecule has 2 N–H and O–H groups in total. The van der Waals surface area contributed by atoms with Crippen LogP contribution < -0.4 is 20.1 Å². The summed E-state index contributed by atoms with van der Waals surface area (Å²) in [5, 5.41) is 6.18. The summed E-state index contributed by atoms with van der Waals surface area (Å²) < 4.78 is 49.8. The fourth-order valence-electron chi connectivity index (χ4n) is 4.18. The van der Waals surface area contributed by atoms with Crippen LogP contribution in [0.3, 0.4) is 0 Å². The van der Waals surface area contributed by atoms with Crippen LogP contribution in [0.1, 0.15) is 48.9 Å². The molecule has 0 fully saturated rings. The molecule has 0 aliphatic heterocycles. The molecule has 0 saturated carbocycles. The summed E-state index contributed by atoms with van der Waals surface area (Å²) in [4.78, 5) is 12.8. The zero-order valence-electron chi connectivity index (χ0n) is 20.1. The summed E-state index contributed by atoms with van der Waals surface area (Å²) in [5.41, 5.74) is 2.14.